The number of hydrogen-bond donors (Lipinski definition) is 4. The third kappa shape index (κ3) is 8.96. The molecule has 5 aromatic carbocycles. The average Bonchev–Trinajstić information content (AvgIpc) is 1.68. The highest BCUT2D eigenvalue weighted by atomic mass is 16.6. The Morgan fingerprint density at radius 1 is 0.769 bits per heavy atom. The van der Waals surface area contributed by atoms with Gasteiger partial charge in [0, 0.05) is 70.5 Å². The van der Waals surface area contributed by atoms with E-state index in [1.807, 2.05) is 0 Å². The SMILES string of the molecule is CC(CO)=C1CCc2ccc3cc2CCC24C=CCC5(Oc6ccc7c(CO)c(C(CCO)COCO)c(=O)oc7c6C(OC(=O)CC6CC(c7cccc8c7C=CC7CCCC9C=Cc%10ccccc%10C897)C=CC36)C5OC1=O)C2CC1c2ccccc2C=CC14. The molecule has 2 spiro atoms. The number of ether oxygens (including phenoxy) is 4. The lowest BCUT2D eigenvalue weighted by Crippen LogP contribution is -2.64. The van der Waals surface area contributed by atoms with Crippen LogP contribution in [-0.4, -0.2) is 70.7 Å². The smallest absolute Gasteiger partial charge is 0.340 e. The second-order valence-corrected chi connectivity index (χ2v) is 27.7. The van der Waals surface area contributed by atoms with Gasteiger partial charge in [-0.2, -0.15) is 0 Å². The number of aliphatic hydroxyl groups excluding tert-OH is 4. The zero-order valence-electron chi connectivity index (χ0n) is 51.4. The van der Waals surface area contributed by atoms with Gasteiger partial charge in [0.2, 0.25) is 0 Å². The van der Waals surface area contributed by atoms with Gasteiger partial charge in [-0.25, -0.2) is 9.59 Å². The van der Waals surface area contributed by atoms with Gasteiger partial charge in [0.05, 0.1) is 25.4 Å². The Morgan fingerprint density at radius 2 is 1.57 bits per heavy atom. The van der Waals surface area contributed by atoms with Gasteiger partial charge in [-0.3, -0.25) is 4.79 Å². The van der Waals surface area contributed by atoms with Crippen LogP contribution in [0.15, 0.2) is 160 Å². The predicted molar refractivity (Wildman–Crippen MR) is 347 cm³/mol. The van der Waals surface area contributed by atoms with Crippen molar-refractivity contribution in [3.05, 3.63) is 233 Å². The van der Waals surface area contributed by atoms with Gasteiger partial charge >= 0.3 is 17.6 Å². The molecule has 14 unspecified atom stereocenters. The first-order valence-electron chi connectivity index (χ1n) is 33.3. The van der Waals surface area contributed by atoms with Gasteiger partial charge in [0.15, 0.2) is 17.8 Å². The molecule has 4 N–H and O–H groups in total. The number of carbonyl (C=O) groups excluding carboxylic acids is 2. The molecule has 1 aromatic heterocycles. The van der Waals surface area contributed by atoms with Crippen molar-refractivity contribution in [2.45, 2.75) is 137 Å². The monoisotopic (exact) mass is 1220 g/mol. The number of rotatable bonds is 9. The van der Waals surface area contributed by atoms with E-state index in [1.54, 1.807) is 19.1 Å². The van der Waals surface area contributed by atoms with E-state index in [0.717, 1.165) is 36.0 Å². The number of allylic oxidation sites excluding steroid dienone is 6. The van der Waals surface area contributed by atoms with E-state index in [4.69, 9.17) is 23.4 Å². The van der Waals surface area contributed by atoms with Crippen LogP contribution in [0.2, 0.25) is 0 Å². The summed E-state index contributed by atoms with van der Waals surface area (Å²) in [5.74, 6) is -1.76. The van der Waals surface area contributed by atoms with Crippen molar-refractivity contribution < 1.29 is 53.4 Å². The van der Waals surface area contributed by atoms with Gasteiger partial charge in [0.1, 0.15) is 18.1 Å². The first-order valence-corrected chi connectivity index (χ1v) is 33.3. The zero-order valence-corrected chi connectivity index (χ0v) is 51.4. The minimum atomic E-state index is -1.43. The number of fused-ring (bicyclic) bond motifs is 13. The molecule has 0 saturated heterocycles. The molecule has 12 nitrogen and oxygen atoms in total. The van der Waals surface area contributed by atoms with Crippen LogP contribution in [-0.2, 0) is 48.7 Å². The molecule has 0 radical (unpaired) electrons. The van der Waals surface area contributed by atoms with E-state index in [9.17, 15) is 25.2 Å². The van der Waals surface area contributed by atoms with Crippen molar-refractivity contribution >= 4 is 41.1 Å². The molecule has 10 aliphatic rings. The minimum absolute atomic E-state index is 0.00390. The standard InChI is InChI=1S/C79H78O12/c1-45(41-81)56-25-20-46-17-18-50-37-49(46)31-35-77-33-8-34-78(68(77)40-62-58-13-4-2-9-47(58)22-29-65(62)77)74(90-75(56)85)73(71-67(91-78)30-28-61-63(42-82)70(76(86)89-72(61)71)52(32-36-80)43-87-44-83)88-69(84)39-53-38-51(21-26-57(50)53)59-14-7-16-66-60(59)27-24-55-12-6-11-54-23-19-48-10-3-5-15-64(48)79(54,55)66/h2-5,7-10,13-19,21-24,26-30,33,37,51-55,57,62,65,68,73-74,80-83H,6,11-12,20,25,31-32,34-36,38-44H2,1H3. The Balaban J connectivity index is 0.904. The number of hydrogen-bond acceptors (Lipinski definition) is 12. The number of esters is 2. The van der Waals surface area contributed by atoms with E-state index < -0.39 is 60.1 Å². The van der Waals surface area contributed by atoms with Crippen molar-refractivity contribution in [2.24, 2.45) is 35.0 Å². The summed E-state index contributed by atoms with van der Waals surface area (Å²) in [6.45, 7) is -0.332. The number of aliphatic hydroxyl groups is 4. The quantitative estimate of drug-likeness (QED) is 0.0354. The van der Waals surface area contributed by atoms with Crippen molar-refractivity contribution in [1.82, 2.24) is 0 Å². The highest BCUT2D eigenvalue weighted by Crippen LogP contribution is 2.69. The third-order valence-electron chi connectivity index (χ3n) is 23.8. The van der Waals surface area contributed by atoms with Crippen molar-refractivity contribution in [3.8, 4) is 5.75 Å². The van der Waals surface area contributed by atoms with Crippen LogP contribution in [0.5, 0.6) is 5.75 Å². The van der Waals surface area contributed by atoms with Crippen LogP contribution >= 0.6 is 0 Å². The molecule has 3 aliphatic heterocycles. The second-order valence-electron chi connectivity index (χ2n) is 27.7. The van der Waals surface area contributed by atoms with Gasteiger partial charge in [0.25, 0.3) is 0 Å². The highest BCUT2D eigenvalue weighted by Gasteiger charge is 2.69. The molecule has 2 saturated carbocycles. The first kappa shape index (κ1) is 58.4. The van der Waals surface area contributed by atoms with Crippen LogP contribution in [0.25, 0.3) is 29.2 Å². The first-order chi connectivity index (χ1) is 44.5. The lowest BCUT2D eigenvalue weighted by molar-refractivity contribution is -0.210. The normalized spacial score (nSPS) is 32.0. The third-order valence-corrected chi connectivity index (χ3v) is 23.8. The van der Waals surface area contributed by atoms with E-state index in [2.05, 4.69) is 146 Å². The maximum absolute atomic E-state index is 16.2. The van der Waals surface area contributed by atoms with Gasteiger partial charge in [-0.1, -0.05) is 152 Å². The van der Waals surface area contributed by atoms with Crippen LogP contribution < -0.4 is 10.4 Å². The molecular formula is C79H78O12. The maximum atomic E-state index is 16.2. The highest BCUT2D eigenvalue weighted by molar-refractivity contribution is 5.91. The summed E-state index contributed by atoms with van der Waals surface area (Å²) in [5.41, 5.74) is 10.7. The summed E-state index contributed by atoms with van der Waals surface area (Å²) in [5, 5.41) is 42.7. The topological polar surface area (TPSA) is 182 Å². The second kappa shape index (κ2) is 22.8. The number of carbonyl (C=O) groups is 2. The largest absolute Gasteiger partial charge is 0.482 e. The van der Waals surface area contributed by atoms with Crippen LogP contribution in [0.3, 0.4) is 0 Å². The lowest BCUT2D eigenvalue weighted by atomic mass is 9.49. The number of aryl methyl sites for hydroxylation is 2. The van der Waals surface area contributed by atoms with Crippen molar-refractivity contribution in [2.75, 3.05) is 26.6 Å². The molecule has 7 aliphatic carbocycles. The Labute approximate surface area is 530 Å². The molecule has 14 atom stereocenters. The molecule has 16 rings (SSSR count). The molecule has 0 amide bonds. The van der Waals surface area contributed by atoms with Gasteiger partial charge < -0.3 is 43.8 Å². The van der Waals surface area contributed by atoms with Crippen LogP contribution in [0.4, 0.5) is 0 Å². The molecule has 2 fully saturated rings. The minimum Gasteiger partial charge on any atom is -0.482 e. The molecule has 4 heterocycles. The molecular weight excluding hydrogens is 1140 g/mol. The van der Waals surface area contributed by atoms with Crippen LogP contribution in [0, 0.1) is 35.0 Å². The Kier molecular flexibility index (Phi) is 14.7. The zero-order chi connectivity index (χ0) is 61.9. The Bertz CT molecular complexity index is 4220. The summed E-state index contributed by atoms with van der Waals surface area (Å²) in [4.78, 5) is 46.9. The predicted octanol–water partition coefficient (Wildman–Crippen LogP) is 13.2. The average molecular weight is 1220 g/mol. The fourth-order valence-corrected chi connectivity index (χ4v) is 19.8. The summed E-state index contributed by atoms with van der Waals surface area (Å²) in [7, 11) is 0. The van der Waals surface area contributed by atoms with E-state index >= 15 is 9.59 Å². The Morgan fingerprint density at radius 3 is 2.41 bits per heavy atom. The molecule has 6 bridgehead atoms. The molecule has 6 aromatic rings. The van der Waals surface area contributed by atoms with Crippen LogP contribution in [0.1, 0.15) is 173 Å². The summed E-state index contributed by atoms with van der Waals surface area (Å²) in [6.07, 6.45) is 28.1. The summed E-state index contributed by atoms with van der Waals surface area (Å²) >= 11 is 0. The molecule has 466 valence electrons. The fraction of sp³-hybridized carbons (Fsp3) is 0.405. The van der Waals surface area contributed by atoms with Crippen molar-refractivity contribution in [1.29, 1.82) is 0 Å². The van der Waals surface area contributed by atoms with Gasteiger partial charge in [-0.15, -0.1) is 0 Å². The summed E-state index contributed by atoms with van der Waals surface area (Å²) < 4.78 is 34.3. The Hall–Kier alpha value is -7.71. The van der Waals surface area contributed by atoms with E-state index in [-0.39, 0.29) is 109 Å². The summed E-state index contributed by atoms with van der Waals surface area (Å²) in [6, 6.07) is 34.8. The fourth-order valence-electron chi connectivity index (χ4n) is 19.8. The van der Waals surface area contributed by atoms with Gasteiger partial charge in [-0.05, 0) is 173 Å². The molecule has 91 heavy (non-hydrogen) atoms. The molecule has 12 heteroatoms. The number of benzene rings is 5. The maximum Gasteiger partial charge on any atom is 0.340 e. The van der Waals surface area contributed by atoms with E-state index in [0.29, 0.717) is 59.8 Å². The lowest BCUT2D eigenvalue weighted by Gasteiger charge is -2.56. The van der Waals surface area contributed by atoms with E-state index in [1.165, 1.54) is 45.4 Å². The van der Waals surface area contributed by atoms with Crippen molar-refractivity contribution in [3.63, 3.8) is 0 Å².